The first-order chi connectivity index (χ1) is 8.74. The summed E-state index contributed by atoms with van der Waals surface area (Å²) in [5.41, 5.74) is 8.06. The molecule has 0 saturated heterocycles. The van der Waals surface area contributed by atoms with Crippen molar-refractivity contribution in [3.05, 3.63) is 42.0 Å². The Morgan fingerprint density at radius 1 is 1.39 bits per heavy atom. The quantitative estimate of drug-likeness (QED) is 0.893. The standard InChI is InChI=1S/C13H15N3O2/c1-9(14)11-5-15-7-16(11)6-10-2-3-12-13(4-10)18-8-17-12/h2-5,7,9H,6,8,14H2,1H3. The predicted octanol–water partition coefficient (Wildman–Crippen LogP) is 1.68. The Balaban J connectivity index is 1.86. The molecular formula is C13H15N3O2. The molecule has 2 N–H and O–H groups in total. The zero-order valence-electron chi connectivity index (χ0n) is 10.2. The van der Waals surface area contributed by atoms with E-state index in [4.69, 9.17) is 15.2 Å². The van der Waals surface area contributed by atoms with Crippen LogP contribution < -0.4 is 15.2 Å². The van der Waals surface area contributed by atoms with E-state index in [1.54, 1.807) is 12.5 Å². The van der Waals surface area contributed by atoms with Gasteiger partial charge >= 0.3 is 0 Å². The van der Waals surface area contributed by atoms with Crippen molar-refractivity contribution in [2.45, 2.75) is 19.5 Å². The number of rotatable bonds is 3. The fourth-order valence-corrected chi connectivity index (χ4v) is 2.08. The minimum Gasteiger partial charge on any atom is -0.454 e. The van der Waals surface area contributed by atoms with Crippen molar-refractivity contribution < 1.29 is 9.47 Å². The van der Waals surface area contributed by atoms with Crippen LogP contribution in [-0.4, -0.2) is 16.3 Å². The maximum Gasteiger partial charge on any atom is 0.231 e. The Hall–Kier alpha value is -2.01. The van der Waals surface area contributed by atoms with Crippen LogP contribution in [0.1, 0.15) is 24.2 Å². The molecule has 3 rings (SSSR count). The van der Waals surface area contributed by atoms with Crippen LogP contribution in [0.5, 0.6) is 11.5 Å². The first-order valence-electron chi connectivity index (χ1n) is 5.88. The highest BCUT2D eigenvalue weighted by Crippen LogP contribution is 2.32. The van der Waals surface area contributed by atoms with Gasteiger partial charge in [0, 0.05) is 18.8 Å². The van der Waals surface area contributed by atoms with Gasteiger partial charge in [0.25, 0.3) is 0 Å². The highest BCUT2D eigenvalue weighted by molar-refractivity contribution is 5.44. The number of aromatic nitrogens is 2. The summed E-state index contributed by atoms with van der Waals surface area (Å²) in [6, 6.07) is 5.92. The number of imidazole rings is 1. The number of nitrogens with zero attached hydrogens (tertiary/aromatic N) is 2. The molecule has 1 aliphatic rings. The molecule has 1 aromatic heterocycles. The maximum atomic E-state index is 5.90. The van der Waals surface area contributed by atoms with E-state index < -0.39 is 0 Å². The molecule has 1 aliphatic heterocycles. The molecule has 1 unspecified atom stereocenters. The highest BCUT2D eigenvalue weighted by atomic mass is 16.7. The van der Waals surface area contributed by atoms with Crippen molar-refractivity contribution in [2.24, 2.45) is 5.73 Å². The normalized spacial score (nSPS) is 14.8. The van der Waals surface area contributed by atoms with E-state index >= 15 is 0 Å². The molecule has 2 heterocycles. The second-order valence-electron chi connectivity index (χ2n) is 4.42. The number of hydrogen-bond acceptors (Lipinski definition) is 4. The topological polar surface area (TPSA) is 62.3 Å². The Morgan fingerprint density at radius 3 is 3.06 bits per heavy atom. The molecule has 0 bridgehead atoms. The Bertz CT molecular complexity index is 563. The Morgan fingerprint density at radius 2 is 2.22 bits per heavy atom. The average molecular weight is 245 g/mol. The van der Waals surface area contributed by atoms with E-state index in [0.29, 0.717) is 6.79 Å². The van der Waals surface area contributed by atoms with Gasteiger partial charge in [0.15, 0.2) is 11.5 Å². The van der Waals surface area contributed by atoms with Crippen molar-refractivity contribution >= 4 is 0 Å². The summed E-state index contributed by atoms with van der Waals surface area (Å²) in [7, 11) is 0. The minimum atomic E-state index is -0.0264. The van der Waals surface area contributed by atoms with Crippen LogP contribution in [0.2, 0.25) is 0 Å². The zero-order chi connectivity index (χ0) is 12.5. The summed E-state index contributed by atoms with van der Waals surface area (Å²) in [6.45, 7) is 2.98. The van der Waals surface area contributed by atoms with Gasteiger partial charge < -0.3 is 19.8 Å². The van der Waals surface area contributed by atoms with Gasteiger partial charge in [0.05, 0.1) is 12.0 Å². The number of benzene rings is 1. The molecule has 0 spiro atoms. The molecule has 1 aromatic carbocycles. The van der Waals surface area contributed by atoms with E-state index in [-0.39, 0.29) is 6.04 Å². The molecule has 0 aliphatic carbocycles. The fraction of sp³-hybridized carbons (Fsp3) is 0.308. The van der Waals surface area contributed by atoms with Gasteiger partial charge in [-0.15, -0.1) is 0 Å². The third-order valence-electron chi connectivity index (χ3n) is 3.00. The van der Waals surface area contributed by atoms with Crippen LogP contribution in [0.25, 0.3) is 0 Å². The van der Waals surface area contributed by atoms with Crippen molar-refractivity contribution in [1.29, 1.82) is 0 Å². The van der Waals surface area contributed by atoms with Crippen molar-refractivity contribution in [3.63, 3.8) is 0 Å². The SMILES string of the molecule is CC(N)c1cncn1Cc1ccc2c(c1)OCO2. The number of nitrogens with two attached hydrogens (primary N) is 1. The lowest BCUT2D eigenvalue weighted by molar-refractivity contribution is 0.174. The van der Waals surface area contributed by atoms with E-state index in [0.717, 1.165) is 29.3 Å². The van der Waals surface area contributed by atoms with E-state index in [9.17, 15) is 0 Å². The number of fused-ring (bicyclic) bond motifs is 1. The van der Waals surface area contributed by atoms with Gasteiger partial charge in [-0.3, -0.25) is 0 Å². The third-order valence-corrected chi connectivity index (χ3v) is 3.00. The van der Waals surface area contributed by atoms with Gasteiger partial charge in [-0.1, -0.05) is 6.07 Å². The summed E-state index contributed by atoms with van der Waals surface area (Å²) in [4.78, 5) is 4.14. The monoisotopic (exact) mass is 245 g/mol. The predicted molar refractivity (Wildman–Crippen MR) is 66.5 cm³/mol. The molecule has 5 heteroatoms. The zero-order valence-corrected chi connectivity index (χ0v) is 10.2. The fourth-order valence-electron chi connectivity index (χ4n) is 2.08. The molecule has 1 atom stereocenters. The van der Waals surface area contributed by atoms with Crippen LogP contribution in [0.3, 0.4) is 0 Å². The maximum absolute atomic E-state index is 5.90. The van der Waals surface area contributed by atoms with Crippen LogP contribution >= 0.6 is 0 Å². The van der Waals surface area contributed by atoms with Gasteiger partial charge in [-0.25, -0.2) is 4.98 Å². The average Bonchev–Trinajstić information content (AvgIpc) is 2.96. The van der Waals surface area contributed by atoms with Crippen LogP contribution in [0, 0.1) is 0 Å². The van der Waals surface area contributed by atoms with Gasteiger partial charge in [0.1, 0.15) is 0 Å². The summed E-state index contributed by atoms with van der Waals surface area (Å²) in [5.74, 6) is 1.60. The second kappa shape index (κ2) is 4.34. The van der Waals surface area contributed by atoms with Gasteiger partial charge in [-0.2, -0.15) is 0 Å². The smallest absolute Gasteiger partial charge is 0.231 e. The van der Waals surface area contributed by atoms with E-state index in [2.05, 4.69) is 4.98 Å². The van der Waals surface area contributed by atoms with Gasteiger partial charge in [-0.05, 0) is 24.6 Å². The lowest BCUT2D eigenvalue weighted by Crippen LogP contribution is -2.12. The van der Waals surface area contributed by atoms with Crippen LogP contribution in [0.15, 0.2) is 30.7 Å². The van der Waals surface area contributed by atoms with Crippen molar-refractivity contribution in [1.82, 2.24) is 9.55 Å². The number of hydrogen-bond donors (Lipinski definition) is 1. The van der Waals surface area contributed by atoms with E-state index in [1.165, 1.54) is 0 Å². The van der Waals surface area contributed by atoms with Gasteiger partial charge in [0.2, 0.25) is 6.79 Å². The molecule has 0 saturated carbocycles. The van der Waals surface area contributed by atoms with E-state index in [1.807, 2.05) is 29.7 Å². The summed E-state index contributed by atoms with van der Waals surface area (Å²) in [6.07, 6.45) is 3.60. The Kier molecular flexibility index (Phi) is 2.68. The van der Waals surface area contributed by atoms with Crippen LogP contribution in [-0.2, 0) is 6.54 Å². The number of ether oxygens (including phenoxy) is 2. The van der Waals surface area contributed by atoms with Crippen molar-refractivity contribution in [2.75, 3.05) is 6.79 Å². The lowest BCUT2D eigenvalue weighted by atomic mass is 10.2. The molecule has 0 fully saturated rings. The van der Waals surface area contributed by atoms with Crippen LogP contribution in [0.4, 0.5) is 0 Å². The molecule has 2 aromatic rings. The molecule has 5 nitrogen and oxygen atoms in total. The summed E-state index contributed by atoms with van der Waals surface area (Å²) >= 11 is 0. The minimum absolute atomic E-state index is 0.0264. The first kappa shape index (κ1) is 11.1. The third kappa shape index (κ3) is 1.93. The molecule has 94 valence electrons. The lowest BCUT2D eigenvalue weighted by Gasteiger charge is -2.11. The first-order valence-corrected chi connectivity index (χ1v) is 5.88. The second-order valence-corrected chi connectivity index (χ2v) is 4.42. The summed E-state index contributed by atoms with van der Waals surface area (Å²) in [5, 5.41) is 0. The molecule has 0 amide bonds. The largest absolute Gasteiger partial charge is 0.454 e. The molecule has 18 heavy (non-hydrogen) atoms. The molecule has 0 radical (unpaired) electrons. The highest BCUT2D eigenvalue weighted by Gasteiger charge is 2.14. The van der Waals surface area contributed by atoms with Crippen molar-refractivity contribution in [3.8, 4) is 11.5 Å². The Labute approximate surface area is 105 Å². The molecular weight excluding hydrogens is 230 g/mol. The summed E-state index contributed by atoms with van der Waals surface area (Å²) < 4.78 is 12.7.